The van der Waals surface area contributed by atoms with Gasteiger partial charge < -0.3 is 40.2 Å². The molecule has 9 nitrogen and oxygen atoms in total. The molecule has 1 aliphatic carbocycles. The van der Waals surface area contributed by atoms with Crippen molar-refractivity contribution in [3.8, 4) is 28.7 Å². The highest BCUT2D eigenvalue weighted by Gasteiger charge is 2.31. The van der Waals surface area contributed by atoms with Crippen molar-refractivity contribution >= 4 is 16.6 Å². The normalized spacial score (nSPS) is 14.6. The summed E-state index contributed by atoms with van der Waals surface area (Å²) in [5.41, 5.74) is 7.43. The molecule has 0 saturated heterocycles. The molecule has 1 saturated carbocycles. The molecule has 0 bridgehead atoms. The number of aromatic nitrogens is 1. The standard InChI is InChI=1S/C51H58N2O7/c1-4-35-14-15-36-9-5-8-12-42(36)43(35)28-45-37(16-18-47(56)51(45)59-3)26-39(21-33-19-20-53-31-33)48(57)29-49(58)44(38-22-34(30-52-2)23-40(54)27-38)24-32-13-17-46(55)50(25-32)60-41-10-6-7-11-41/h5,8-9,12-20,22-23,25,27,31,39,41,44,48,52-57H,4,6-7,10-11,21,24,26,28-30H2,1-3H3/t39-,44+,48+/m0/s1. The molecule has 0 radical (unpaired) electrons. The van der Waals surface area contributed by atoms with Crippen molar-refractivity contribution in [2.75, 3.05) is 14.2 Å². The van der Waals surface area contributed by atoms with Crippen LogP contribution in [0.4, 0.5) is 0 Å². The number of hydrogen-bond acceptors (Lipinski definition) is 8. The molecule has 0 spiro atoms. The number of benzene rings is 5. The minimum Gasteiger partial charge on any atom is -0.508 e. The Balaban J connectivity index is 1.22. The second-order valence-electron chi connectivity index (χ2n) is 16.4. The Hall–Kier alpha value is -5.77. The number of ketones is 1. The van der Waals surface area contributed by atoms with Crippen LogP contribution >= 0.6 is 0 Å². The van der Waals surface area contributed by atoms with Crippen LogP contribution in [0, 0.1) is 5.92 Å². The van der Waals surface area contributed by atoms with Gasteiger partial charge in [-0.25, -0.2) is 0 Å². The fourth-order valence-corrected chi connectivity index (χ4v) is 9.12. The summed E-state index contributed by atoms with van der Waals surface area (Å²) < 4.78 is 12.1. The maximum atomic E-state index is 14.8. The lowest BCUT2D eigenvalue weighted by atomic mass is 9.80. The summed E-state index contributed by atoms with van der Waals surface area (Å²) in [5.74, 6) is -0.294. The van der Waals surface area contributed by atoms with Crippen LogP contribution < -0.4 is 14.8 Å². The molecule has 1 aliphatic rings. The van der Waals surface area contributed by atoms with E-state index in [9.17, 15) is 25.2 Å². The van der Waals surface area contributed by atoms with Crippen molar-refractivity contribution in [2.45, 2.75) is 95.8 Å². The number of fused-ring (bicyclic) bond motifs is 1. The lowest BCUT2D eigenvalue weighted by molar-refractivity contribution is -0.123. The molecule has 9 heteroatoms. The van der Waals surface area contributed by atoms with E-state index in [4.69, 9.17) is 9.47 Å². The van der Waals surface area contributed by atoms with E-state index < -0.39 is 12.0 Å². The van der Waals surface area contributed by atoms with E-state index in [0.717, 1.165) is 76.3 Å². The van der Waals surface area contributed by atoms with Crippen molar-refractivity contribution < 1.29 is 34.7 Å². The topological polar surface area (TPSA) is 144 Å². The van der Waals surface area contributed by atoms with Gasteiger partial charge in [0.25, 0.3) is 0 Å². The largest absolute Gasteiger partial charge is 0.508 e. The van der Waals surface area contributed by atoms with Crippen LogP contribution in [0.25, 0.3) is 10.8 Å². The van der Waals surface area contributed by atoms with Crippen LogP contribution in [0.2, 0.25) is 0 Å². The fourth-order valence-electron chi connectivity index (χ4n) is 9.12. The summed E-state index contributed by atoms with van der Waals surface area (Å²) in [5, 5.41) is 50.4. The highest BCUT2D eigenvalue weighted by molar-refractivity contribution is 5.88. The first kappa shape index (κ1) is 42.4. The Morgan fingerprint density at radius 2 is 1.62 bits per heavy atom. The molecule has 3 atom stereocenters. The summed E-state index contributed by atoms with van der Waals surface area (Å²) in [7, 11) is 3.40. The number of methoxy groups -OCH3 is 1. The first-order valence-electron chi connectivity index (χ1n) is 21.3. The Bertz CT molecular complexity index is 2380. The van der Waals surface area contributed by atoms with Crippen molar-refractivity contribution in [1.29, 1.82) is 0 Å². The maximum absolute atomic E-state index is 14.8. The molecule has 6 N–H and O–H groups in total. The Morgan fingerprint density at radius 3 is 2.37 bits per heavy atom. The van der Waals surface area contributed by atoms with Gasteiger partial charge in [0.05, 0.1) is 19.3 Å². The van der Waals surface area contributed by atoms with E-state index >= 15 is 0 Å². The van der Waals surface area contributed by atoms with Crippen LogP contribution in [0.3, 0.4) is 0 Å². The number of carbonyl (C=O) groups excluding carboxylic acids is 1. The zero-order chi connectivity index (χ0) is 42.2. The zero-order valence-electron chi connectivity index (χ0n) is 34.9. The van der Waals surface area contributed by atoms with Crippen molar-refractivity contribution in [2.24, 2.45) is 5.92 Å². The second kappa shape index (κ2) is 19.5. The molecular weight excluding hydrogens is 753 g/mol. The van der Waals surface area contributed by atoms with Gasteiger partial charge in [-0.05, 0) is 150 Å². The van der Waals surface area contributed by atoms with Crippen LogP contribution in [0.15, 0.2) is 103 Å². The van der Waals surface area contributed by atoms with Crippen LogP contribution in [0.5, 0.6) is 28.7 Å². The summed E-state index contributed by atoms with van der Waals surface area (Å²) in [6.07, 6.45) is 9.24. The van der Waals surface area contributed by atoms with Gasteiger partial charge >= 0.3 is 0 Å². The van der Waals surface area contributed by atoms with Crippen LogP contribution in [-0.4, -0.2) is 57.6 Å². The molecule has 5 aromatic carbocycles. The molecular formula is C51H58N2O7. The van der Waals surface area contributed by atoms with Crippen LogP contribution in [0.1, 0.15) is 89.5 Å². The van der Waals surface area contributed by atoms with Crippen molar-refractivity contribution in [1.82, 2.24) is 10.3 Å². The quantitative estimate of drug-likeness (QED) is 0.0475. The van der Waals surface area contributed by atoms with E-state index in [-0.39, 0.29) is 47.9 Å². The highest BCUT2D eigenvalue weighted by atomic mass is 16.5. The predicted molar refractivity (Wildman–Crippen MR) is 236 cm³/mol. The number of hydrogen-bond donors (Lipinski definition) is 6. The Morgan fingerprint density at radius 1 is 0.833 bits per heavy atom. The number of aromatic amines is 1. The molecule has 1 fully saturated rings. The number of rotatable bonds is 19. The molecule has 60 heavy (non-hydrogen) atoms. The van der Waals surface area contributed by atoms with Crippen molar-refractivity contribution in [3.63, 3.8) is 0 Å². The first-order chi connectivity index (χ1) is 29.1. The number of phenolic OH excluding ortho intramolecular Hbond substituents is 3. The number of ether oxygens (including phenoxy) is 2. The predicted octanol–water partition coefficient (Wildman–Crippen LogP) is 9.24. The van der Waals surface area contributed by atoms with Gasteiger partial charge in [-0.15, -0.1) is 0 Å². The van der Waals surface area contributed by atoms with Gasteiger partial charge in [0.15, 0.2) is 23.0 Å². The third-order valence-electron chi connectivity index (χ3n) is 12.2. The van der Waals surface area contributed by atoms with Gasteiger partial charge in [-0.2, -0.15) is 0 Å². The number of aliphatic hydroxyl groups is 1. The molecule has 7 rings (SSSR count). The zero-order valence-corrected chi connectivity index (χ0v) is 34.9. The maximum Gasteiger partial charge on any atom is 0.164 e. The molecule has 314 valence electrons. The van der Waals surface area contributed by atoms with Crippen LogP contribution in [-0.2, 0) is 43.4 Å². The number of nitrogens with one attached hydrogen (secondary N) is 2. The van der Waals surface area contributed by atoms with E-state index in [2.05, 4.69) is 41.5 Å². The third kappa shape index (κ3) is 9.97. The Kier molecular flexibility index (Phi) is 13.8. The minimum atomic E-state index is -1.04. The smallest absolute Gasteiger partial charge is 0.164 e. The number of Topliss-reactive ketones (excluding diaryl/α,β-unsaturated/α-hetero) is 1. The monoisotopic (exact) mass is 810 g/mol. The molecule has 1 aromatic heterocycles. The third-order valence-corrected chi connectivity index (χ3v) is 12.2. The summed E-state index contributed by atoms with van der Waals surface area (Å²) in [6.45, 7) is 2.64. The van der Waals surface area contributed by atoms with E-state index in [1.54, 1.807) is 37.4 Å². The SMILES string of the molecule is CCc1ccc2ccccc2c1Cc1c(C[C@H](Cc2cc[nH]c2)[C@H](O)CC(=O)[C@H](Cc2ccc(O)c(OC3CCCC3)c2)c2cc(O)cc(CNC)c2)ccc(O)c1OC. The average Bonchev–Trinajstić information content (AvgIpc) is 3.97. The number of carbonyl (C=O) groups is 1. The van der Waals surface area contributed by atoms with E-state index in [1.807, 2.05) is 55.8 Å². The lowest BCUT2D eigenvalue weighted by Crippen LogP contribution is -2.30. The average molecular weight is 811 g/mol. The molecule has 0 unspecified atom stereocenters. The fraction of sp³-hybridized carbons (Fsp3) is 0.353. The molecule has 0 amide bonds. The van der Waals surface area contributed by atoms with Crippen molar-refractivity contribution in [3.05, 3.63) is 148 Å². The summed E-state index contributed by atoms with van der Waals surface area (Å²) >= 11 is 0. The molecule has 0 aliphatic heterocycles. The van der Waals surface area contributed by atoms with Gasteiger partial charge in [-0.3, -0.25) is 4.79 Å². The number of H-pyrrole nitrogens is 1. The summed E-state index contributed by atoms with van der Waals surface area (Å²) in [6, 6.07) is 28.7. The minimum absolute atomic E-state index is 0.0423. The Labute approximate surface area is 353 Å². The highest BCUT2D eigenvalue weighted by Crippen LogP contribution is 2.39. The van der Waals surface area contributed by atoms with Gasteiger partial charge in [-0.1, -0.05) is 61.5 Å². The van der Waals surface area contributed by atoms with E-state index in [1.165, 1.54) is 5.56 Å². The lowest BCUT2D eigenvalue weighted by Gasteiger charge is -2.27. The number of aryl methyl sites for hydroxylation is 1. The number of phenols is 3. The molecule has 6 aromatic rings. The summed E-state index contributed by atoms with van der Waals surface area (Å²) in [4.78, 5) is 17.9. The van der Waals surface area contributed by atoms with E-state index in [0.29, 0.717) is 42.9 Å². The molecule has 1 heterocycles. The second-order valence-corrected chi connectivity index (χ2v) is 16.4. The first-order valence-corrected chi connectivity index (χ1v) is 21.3. The van der Waals surface area contributed by atoms with Gasteiger partial charge in [0.1, 0.15) is 11.5 Å². The van der Waals surface area contributed by atoms with Gasteiger partial charge in [0.2, 0.25) is 0 Å². The number of aliphatic hydroxyl groups excluding tert-OH is 1. The number of aromatic hydroxyl groups is 3. The van der Waals surface area contributed by atoms with Gasteiger partial charge in [0, 0.05) is 43.3 Å².